The van der Waals surface area contributed by atoms with E-state index in [4.69, 9.17) is 36.1 Å². The maximum absolute atomic E-state index is 9.10. The highest BCUT2D eigenvalue weighted by atomic mass is 35.5. The zero-order valence-electron chi connectivity index (χ0n) is 19.9. The average Bonchev–Trinajstić information content (AvgIpc) is 2.91. The second-order valence-electron chi connectivity index (χ2n) is 9.26. The maximum atomic E-state index is 9.10. The molecule has 0 radical (unpaired) electrons. The fourth-order valence-electron chi connectivity index (χ4n) is 5.39. The van der Waals surface area contributed by atoms with E-state index in [2.05, 4.69) is 77.7 Å². The van der Waals surface area contributed by atoms with Crippen LogP contribution in [0.25, 0.3) is 0 Å². The average molecular weight is 508 g/mol. The second kappa shape index (κ2) is 11.7. The summed E-state index contributed by atoms with van der Waals surface area (Å²) in [6.45, 7) is 2.82. The summed E-state index contributed by atoms with van der Waals surface area (Å²) in [6.07, 6.45) is 3.64. The number of carboxylic acid groups (broad SMARTS) is 2. The van der Waals surface area contributed by atoms with Gasteiger partial charge in [-0.3, -0.25) is 4.90 Å². The molecule has 3 aliphatic rings. The van der Waals surface area contributed by atoms with Gasteiger partial charge in [-0.05, 0) is 54.0 Å². The van der Waals surface area contributed by atoms with Crippen molar-refractivity contribution in [1.82, 2.24) is 4.90 Å². The van der Waals surface area contributed by atoms with Crippen LogP contribution < -0.4 is 0 Å². The molecule has 3 saturated heterocycles. The van der Waals surface area contributed by atoms with Crippen LogP contribution in [0.1, 0.15) is 41.9 Å². The number of benzene rings is 3. The van der Waals surface area contributed by atoms with E-state index in [0.717, 1.165) is 30.5 Å². The third-order valence-corrected chi connectivity index (χ3v) is 7.28. The van der Waals surface area contributed by atoms with Crippen LogP contribution in [0, 0.1) is 5.92 Å². The topological polar surface area (TPSA) is 87.1 Å². The Bertz CT molecular complexity index is 1100. The van der Waals surface area contributed by atoms with Crippen molar-refractivity contribution in [1.29, 1.82) is 0 Å². The van der Waals surface area contributed by atoms with E-state index in [0.29, 0.717) is 6.61 Å². The first kappa shape index (κ1) is 25.9. The molecule has 3 aliphatic heterocycles. The van der Waals surface area contributed by atoms with Gasteiger partial charge in [0.2, 0.25) is 0 Å². The molecule has 2 bridgehead atoms. The number of halogens is 1. The molecule has 0 amide bonds. The molecule has 7 heteroatoms. The first-order valence-corrected chi connectivity index (χ1v) is 12.5. The van der Waals surface area contributed by atoms with Gasteiger partial charge in [-0.2, -0.15) is 0 Å². The molecule has 0 spiro atoms. The lowest BCUT2D eigenvalue weighted by Gasteiger charge is -2.57. The smallest absolute Gasteiger partial charge is 0.414 e. The number of hydrogen-bond acceptors (Lipinski definition) is 4. The molecule has 0 unspecified atom stereocenters. The van der Waals surface area contributed by atoms with Crippen LogP contribution in [0.15, 0.2) is 84.9 Å². The number of hydrogen-bond donors (Lipinski definition) is 2. The van der Waals surface area contributed by atoms with Crippen molar-refractivity contribution in [2.24, 2.45) is 5.92 Å². The molecular weight excluding hydrogens is 478 g/mol. The summed E-state index contributed by atoms with van der Waals surface area (Å²) in [4.78, 5) is 20.8. The SMILES string of the molecule is Clc1ccc(CO[C@@]2(C(c3ccccc3)c3ccccc3)CC3CCN2CC3)cc1.O=C(O)C(=O)O. The molecule has 3 heterocycles. The summed E-state index contributed by atoms with van der Waals surface area (Å²) >= 11 is 6.10. The number of ether oxygens (including phenoxy) is 1. The Hall–Kier alpha value is -3.19. The molecule has 3 aromatic rings. The molecule has 6 nitrogen and oxygen atoms in total. The number of carboxylic acids is 2. The van der Waals surface area contributed by atoms with E-state index in [1.165, 1.54) is 29.5 Å². The lowest BCUT2D eigenvalue weighted by Crippen LogP contribution is -2.62. The van der Waals surface area contributed by atoms with Gasteiger partial charge >= 0.3 is 11.9 Å². The zero-order valence-corrected chi connectivity index (χ0v) is 20.7. The summed E-state index contributed by atoms with van der Waals surface area (Å²) < 4.78 is 6.98. The van der Waals surface area contributed by atoms with Crippen LogP contribution in [0.3, 0.4) is 0 Å². The second-order valence-corrected chi connectivity index (χ2v) is 9.70. The van der Waals surface area contributed by atoms with E-state index >= 15 is 0 Å². The molecule has 2 N–H and O–H groups in total. The van der Waals surface area contributed by atoms with Gasteiger partial charge in [0.25, 0.3) is 0 Å². The van der Waals surface area contributed by atoms with Crippen molar-refractivity contribution in [3.63, 3.8) is 0 Å². The van der Waals surface area contributed by atoms with Crippen molar-refractivity contribution in [2.45, 2.75) is 37.5 Å². The Morgan fingerprint density at radius 2 is 1.36 bits per heavy atom. The Kier molecular flexibility index (Phi) is 8.41. The van der Waals surface area contributed by atoms with Gasteiger partial charge in [0.05, 0.1) is 12.5 Å². The number of nitrogens with zero attached hydrogens (tertiary/aromatic N) is 1. The highest BCUT2D eigenvalue weighted by Crippen LogP contribution is 2.50. The molecule has 3 fully saturated rings. The lowest BCUT2D eigenvalue weighted by atomic mass is 9.71. The van der Waals surface area contributed by atoms with Crippen LogP contribution in [-0.4, -0.2) is 45.9 Å². The first-order chi connectivity index (χ1) is 17.4. The molecular formula is C29H30ClNO5. The van der Waals surface area contributed by atoms with Gasteiger partial charge in [0, 0.05) is 18.1 Å². The number of piperidine rings is 3. The molecule has 6 rings (SSSR count). The van der Waals surface area contributed by atoms with Crippen molar-refractivity contribution in [3.05, 3.63) is 107 Å². The quantitative estimate of drug-likeness (QED) is 0.419. The molecule has 3 aromatic carbocycles. The minimum atomic E-state index is -1.82. The number of aliphatic carboxylic acids is 2. The number of fused-ring (bicyclic) bond motifs is 3. The van der Waals surface area contributed by atoms with Gasteiger partial charge in [0.1, 0.15) is 5.72 Å². The fraction of sp³-hybridized carbons (Fsp3) is 0.310. The molecule has 0 aromatic heterocycles. The van der Waals surface area contributed by atoms with E-state index in [9.17, 15) is 0 Å². The first-order valence-electron chi connectivity index (χ1n) is 12.1. The van der Waals surface area contributed by atoms with E-state index < -0.39 is 11.9 Å². The van der Waals surface area contributed by atoms with Crippen LogP contribution in [0.4, 0.5) is 0 Å². The summed E-state index contributed by atoms with van der Waals surface area (Å²) in [7, 11) is 0. The Morgan fingerprint density at radius 1 is 0.861 bits per heavy atom. The molecule has 1 atom stereocenters. The normalized spacial score (nSPS) is 22.5. The largest absolute Gasteiger partial charge is 0.473 e. The predicted octanol–water partition coefficient (Wildman–Crippen LogP) is 5.66. The Balaban J connectivity index is 0.000000455. The third kappa shape index (κ3) is 5.95. The van der Waals surface area contributed by atoms with E-state index in [-0.39, 0.29) is 11.6 Å². The van der Waals surface area contributed by atoms with Gasteiger partial charge in [-0.15, -0.1) is 0 Å². The highest BCUT2D eigenvalue weighted by molar-refractivity contribution is 6.30. The van der Waals surface area contributed by atoms with Crippen LogP contribution in [-0.2, 0) is 20.9 Å². The zero-order chi connectivity index (χ0) is 25.5. The number of carbonyl (C=O) groups is 2. The Morgan fingerprint density at radius 3 is 1.78 bits per heavy atom. The van der Waals surface area contributed by atoms with Gasteiger partial charge in [-0.1, -0.05) is 84.4 Å². The summed E-state index contributed by atoms with van der Waals surface area (Å²) in [5.41, 5.74) is 3.49. The van der Waals surface area contributed by atoms with Crippen molar-refractivity contribution < 1.29 is 24.5 Å². The standard InChI is InChI=1S/C27H28ClNO.C2H2O4/c28-25-13-11-22(12-14-25)20-30-27(19-21-15-17-29(27)18-16-21)26(23-7-3-1-4-8-23)24-9-5-2-6-10-24;3-1(4)2(5)6/h1-14,21,26H,15-20H2;(H,3,4)(H,5,6)/t27-;/m1./s1. The van der Waals surface area contributed by atoms with E-state index in [1.54, 1.807) is 0 Å². The van der Waals surface area contributed by atoms with Gasteiger partial charge < -0.3 is 14.9 Å². The summed E-state index contributed by atoms with van der Waals surface area (Å²) in [5, 5.41) is 15.5. The third-order valence-electron chi connectivity index (χ3n) is 7.03. The number of rotatable bonds is 6. The fourth-order valence-corrected chi connectivity index (χ4v) is 5.51. The maximum Gasteiger partial charge on any atom is 0.414 e. The van der Waals surface area contributed by atoms with E-state index in [1.807, 2.05) is 12.1 Å². The predicted molar refractivity (Wildman–Crippen MR) is 138 cm³/mol. The van der Waals surface area contributed by atoms with Crippen LogP contribution >= 0.6 is 11.6 Å². The highest BCUT2D eigenvalue weighted by Gasteiger charge is 2.52. The van der Waals surface area contributed by atoms with Gasteiger partial charge in [-0.25, -0.2) is 9.59 Å². The summed E-state index contributed by atoms with van der Waals surface area (Å²) in [5.74, 6) is -2.74. The van der Waals surface area contributed by atoms with Crippen molar-refractivity contribution in [2.75, 3.05) is 13.1 Å². The molecule has 0 aliphatic carbocycles. The van der Waals surface area contributed by atoms with Crippen LogP contribution in [0.5, 0.6) is 0 Å². The molecule has 0 saturated carbocycles. The Labute approximate surface area is 216 Å². The van der Waals surface area contributed by atoms with Gasteiger partial charge in [0.15, 0.2) is 0 Å². The van der Waals surface area contributed by atoms with Crippen molar-refractivity contribution in [3.8, 4) is 0 Å². The van der Waals surface area contributed by atoms with Crippen LogP contribution in [0.2, 0.25) is 5.02 Å². The van der Waals surface area contributed by atoms with Crippen molar-refractivity contribution >= 4 is 23.5 Å². The minimum absolute atomic E-state index is 0.176. The summed E-state index contributed by atoms with van der Waals surface area (Å²) in [6, 6.07) is 29.9. The molecule has 188 valence electrons. The lowest BCUT2D eigenvalue weighted by molar-refractivity contribution is -0.222. The molecule has 36 heavy (non-hydrogen) atoms. The minimum Gasteiger partial charge on any atom is -0.473 e. The monoisotopic (exact) mass is 507 g/mol.